The molecule has 2 aromatic carbocycles. The van der Waals surface area contributed by atoms with Crippen LogP contribution in [-0.2, 0) is 0 Å². The molecule has 0 bridgehead atoms. The topological polar surface area (TPSA) is 66.8 Å². The maximum absolute atomic E-state index is 14.0. The standard InChI is InChI=1S/C26H29FO4/c1-16(2)6-4-7-17-10-11-21(22(12-17)18-8-5-9-19(27)13-18)26(30)25-23(28)14-20(31-3)15-24(25)29/h5-6,8-10,13-15,21-22,28-29H,4,7,11-12H2,1-3H3/t21-,22+/m0/s1. The van der Waals surface area contributed by atoms with Crippen molar-refractivity contribution in [3.8, 4) is 17.2 Å². The zero-order valence-corrected chi connectivity index (χ0v) is 18.2. The number of carbonyl (C=O) groups is 1. The zero-order chi connectivity index (χ0) is 22.5. The van der Waals surface area contributed by atoms with E-state index in [1.54, 1.807) is 6.07 Å². The van der Waals surface area contributed by atoms with E-state index in [1.807, 2.05) is 6.07 Å². The molecule has 0 saturated heterocycles. The highest BCUT2D eigenvalue weighted by molar-refractivity contribution is 6.03. The Kier molecular flexibility index (Phi) is 7.16. The summed E-state index contributed by atoms with van der Waals surface area (Å²) < 4.78 is 19.0. The molecule has 2 aromatic rings. The van der Waals surface area contributed by atoms with E-state index in [1.165, 1.54) is 42.5 Å². The van der Waals surface area contributed by atoms with Crippen molar-refractivity contribution < 1.29 is 24.1 Å². The molecular weight excluding hydrogens is 395 g/mol. The van der Waals surface area contributed by atoms with Crippen molar-refractivity contribution in [1.29, 1.82) is 0 Å². The summed E-state index contributed by atoms with van der Waals surface area (Å²) in [6.07, 6.45) is 7.17. The number of carbonyl (C=O) groups excluding carboxylic acids is 1. The summed E-state index contributed by atoms with van der Waals surface area (Å²) in [4.78, 5) is 13.4. The van der Waals surface area contributed by atoms with E-state index < -0.39 is 5.92 Å². The SMILES string of the molecule is COc1cc(O)c(C(=O)[C@H]2CC=C(CCC=C(C)C)C[C@@H]2c2cccc(F)c2)c(O)c1. The van der Waals surface area contributed by atoms with Crippen LogP contribution >= 0.6 is 0 Å². The van der Waals surface area contributed by atoms with E-state index in [4.69, 9.17) is 4.74 Å². The summed E-state index contributed by atoms with van der Waals surface area (Å²) in [6, 6.07) is 8.96. The number of ketones is 1. The van der Waals surface area contributed by atoms with E-state index in [2.05, 4.69) is 26.0 Å². The zero-order valence-electron chi connectivity index (χ0n) is 18.2. The molecule has 164 valence electrons. The summed E-state index contributed by atoms with van der Waals surface area (Å²) in [7, 11) is 1.42. The largest absolute Gasteiger partial charge is 0.507 e. The lowest BCUT2D eigenvalue weighted by atomic mass is 9.72. The van der Waals surface area contributed by atoms with Crippen molar-refractivity contribution >= 4 is 5.78 Å². The van der Waals surface area contributed by atoms with Crippen molar-refractivity contribution in [2.24, 2.45) is 5.92 Å². The van der Waals surface area contributed by atoms with Gasteiger partial charge in [-0.3, -0.25) is 4.79 Å². The van der Waals surface area contributed by atoms with E-state index in [9.17, 15) is 19.4 Å². The number of halogens is 1. The van der Waals surface area contributed by atoms with Crippen LogP contribution in [0.2, 0.25) is 0 Å². The molecule has 0 amide bonds. The molecule has 0 radical (unpaired) electrons. The first-order chi connectivity index (χ1) is 14.8. The average molecular weight is 425 g/mol. The maximum Gasteiger partial charge on any atom is 0.174 e. The van der Waals surface area contributed by atoms with Gasteiger partial charge in [0.1, 0.15) is 28.6 Å². The minimum absolute atomic E-state index is 0.117. The molecule has 0 spiro atoms. The lowest BCUT2D eigenvalue weighted by Crippen LogP contribution is -2.26. The van der Waals surface area contributed by atoms with Gasteiger partial charge in [-0.05, 0) is 63.1 Å². The highest BCUT2D eigenvalue weighted by atomic mass is 19.1. The summed E-state index contributed by atoms with van der Waals surface area (Å²) in [5.74, 6) is -1.84. The highest BCUT2D eigenvalue weighted by Gasteiger charge is 2.35. The second-order valence-corrected chi connectivity index (χ2v) is 8.30. The van der Waals surface area contributed by atoms with E-state index >= 15 is 0 Å². The Hall–Kier alpha value is -3.08. The molecule has 0 heterocycles. The fourth-order valence-corrected chi connectivity index (χ4v) is 4.24. The second kappa shape index (κ2) is 9.82. The molecule has 0 fully saturated rings. The van der Waals surface area contributed by atoms with Crippen LogP contribution in [0.25, 0.3) is 0 Å². The third-order valence-corrected chi connectivity index (χ3v) is 5.81. The number of Topliss-reactive ketones (excluding diaryl/α,β-unsaturated/α-hetero) is 1. The van der Waals surface area contributed by atoms with Gasteiger partial charge in [0, 0.05) is 18.1 Å². The third-order valence-electron chi connectivity index (χ3n) is 5.81. The monoisotopic (exact) mass is 424 g/mol. The van der Waals surface area contributed by atoms with Gasteiger partial charge >= 0.3 is 0 Å². The molecule has 0 saturated carbocycles. The molecule has 1 aliphatic rings. The number of ether oxygens (including phenoxy) is 1. The van der Waals surface area contributed by atoms with Crippen LogP contribution in [0.1, 0.15) is 61.4 Å². The predicted octanol–water partition coefficient (Wildman–Crippen LogP) is 6.29. The molecule has 0 aromatic heterocycles. The van der Waals surface area contributed by atoms with Gasteiger partial charge in [0.2, 0.25) is 0 Å². The average Bonchev–Trinajstić information content (AvgIpc) is 2.72. The Morgan fingerprint density at radius 2 is 1.90 bits per heavy atom. The molecule has 2 N–H and O–H groups in total. The molecule has 0 aliphatic heterocycles. The van der Waals surface area contributed by atoms with Gasteiger partial charge in [-0.15, -0.1) is 0 Å². The van der Waals surface area contributed by atoms with Crippen LogP contribution in [0.4, 0.5) is 4.39 Å². The lowest BCUT2D eigenvalue weighted by molar-refractivity contribution is 0.0889. The normalized spacial score (nSPS) is 18.3. The summed E-state index contributed by atoms with van der Waals surface area (Å²) in [6.45, 7) is 4.13. The third kappa shape index (κ3) is 5.35. The van der Waals surface area contributed by atoms with Crippen molar-refractivity contribution in [3.63, 3.8) is 0 Å². The Morgan fingerprint density at radius 1 is 1.19 bits per heavy atom. The molecule has 5 heteroatoms. The lowest BCUT2D eigenvalue weighted by Gasteiger charge is -2.31. The highest BCUT2D eigenvalue weighted by Crippen LogP contribution is 2.44. The first-order valence-electron chi connectivity index (χ1n) is 10.5. The molecule has 31 heavy (non-hydrogen) atoms. The van der Waals surface area contributed by atoms with Crippen molar-refractivity contribution in [1.82, 2.24) is 0 Å². The smallest absolute Gasteiger partial charge is 0.174 e. The number of hydrogen-bond donors (Lipinski definition) is 2. The molecule has 4 nitrogen and oxygen atoms in total. The number of methoxy groups -OCH3 is 1. The van der Waals surface area contributed by atoms with Crippen LogP contribution in [0.5, 0.6) is 17.2 Å². The minimum atomic E-state index is -0.515. The number of rotatable bonds is 7. The fourth-order valence-electron chi connectivity index (χ4n) is 4.24. The number of hydrogen-bond acceptors (Lipinski definition) is 4. The first kappa shape index (κ1) is 22.6. The molecule has 1 aliphatic carbocycles. The second-order valence-electron chi connectivity index (χ2n) is 8.30. The molecule has 0 unspecified atom stereocenters. The molecule has 2 atom stereocenters. The van der Waals surface area contributed by atoms with Crippen molar-refractivity contribution in [2.45, 2.75) is 45.4 Å². The van der Waals surface area contributed by atoms with Crippen molar-refractivity contribution in [2.75, 3.05) is 7.11 Å². The Balaban J connectivity index is 1.95. The van der Waals surface area contributed by atoms with E-state index in [0.29, 0.717) is 12.8 Å². The van der Waals surface area contributed by atoms with Crippen LogP contribution in [0.3, 0.4) is 0 Å². The number of phenolic OH excluding ortho intramolecular Hbond substituents is 2. The van der Waals surface area contributed by atoms with E-state index in [0.717, 1.165) is 18.4 Å². The van der Waals surface area contributed by atoms with Crippen LogP contribution in [0, 0.1) is 11.7 Å². The van der Waals surface area contributed by atoms with Gasteiger partial charge in [-0.25, -0.2) is 4.39 Å². The predicted molar refractivity (Wildman–Crippen MR) is 119 cm³/mol. The van der Waals surface area contributed by atoms with Crippen LogP contribution in [-0.4, -0.2) is 23.1 Å². The van der Waals surface area contributed by atoms with Gasteiger partial charge in [0.25, 0.3) is 0 Å². The quantitative estimate of drug-likeness (QED) is 0.405. The Bertz CT molecular complexity index is 995. The van der Waals surface area contributed by atoms with Crippen LogP contribution in [0.15, 0.2) is 59.7 Å². The molecule has 3 rings (SSSR count). The Labute approximate surface area is 182 Å². The van der Waals surface area contributed by atoms with Crippen LogP contribution < -0.4 is 4.74 Å². The number of aromatic hydroxyl groups is 2. The first-order valence-corrected chi connectivity index (χ1v) is 10.5. The molecular formula is C26H29FO4. The maximum atomic E-state index is 14.0. The van der Waals surface area contributed by atoms with Gasteiger partial charge in [-0.1, -0.05) is 35.4 Å². The minimum Gasteiger partial charge on any atom is -0.507 e. The van der Waals surface area contributed by atoms with E-state index in [-0.39, 0.29) is 40.3 Å². The van der Waals surface area contributed by atoms with Gasteiger partial charge in [0.15, 0.2) is 5.78 Å². The summed E-state index contributed by atoms with van der Waals surface area (Å²) >= 11 is 0. The Morgan fingerprint density at radius 3 is 2.52 bits per heavy atom. The fraction of sp³-hybridized carbons (Fsp3) is 0.346. The van der Waals surface area contributed by atoms with Gasteiger partial charge in [0.05, 0.1) is 7.11 Å². The number of benzene rings is 2. The van der Waals surface area contributed by atoms with Gasteiger partial charge < -0.3 is 14.9 Å². The van der Waals surface area contributed by atoms with Crippen molar-refractivity contribution in [3.05, 3.63) is 76.6 Å². The summed E-state index contributed by atoms with van der Waals surface area (Å²) in [5.41, 5.74) is 3.13. The summed E-state index contributed by atoms with van der Waals surface area (Å²) in [5, 5.41) is 20.8. The van der Waals surface area contributed by atoms with Gasteiger partial charge in [-0.2, -0.15) is 0 Å². The number of phenols is 2. The number of allylic oxidation sites excluding steroid dienone is 4.